The van der Waals surface area contributed by atoms with Crippen molar-refractivity contribution < 1.29 is 9.53 Å². The summed E-state index contributed by atoms with van der Waals surface area (Å²) in [5.74, 6) is 0.277. The molecule has 0 unspecified atom stereocenters. The maximum atomic E-state index is 11.3. The van der Waals surface area contributed by atoms with Crippen LogP contribution in [0.3, 0.4) is 0 Å². The number of carbonyl (C=O) groups is 1. The van der Waals surface area contributed by atoms with Gasteiger partial charge >= 0.3 is 0 Å². The van der Waals surface area contributed by atoms with Crippen LogP contribution < -0.4 is 15.8 Å². The minimum Gasteiger partial charge on any atom is -0.481 e. The molecule has 82 valence electrons. The van der Waals surface area contributed by atoms with Gasteiger partial charge < -0.3 is 10.5 Å². The monoisotopic (exact) mass is 210 g/mol. The number of hydrogen-bond donors (Lipinski definition) is 2. The zero-order chi connectivity index (χ0) is 11.4. The van der Waals surface area contributed by atoms with Crippen LogP contribution in [0.5, 0.6) is 5.88 Å². The van der Waals surface area contributed by atoms with Crippen LogP contribution in [0, 0.1) is 6.92 Å². The van der Waals surface area contributed by atoms with Gasteiger partial charge in [-0.3, -0.25) is 10.1 Å². The van der Waals surface area contributed by atoms with Gasteiger partial charge in [0.25, 0.3) is 0 Å². The van der Waals surface area contributed by atoms with Crippen molar-refractivity contribution in [1.29, 1.82) is 0 Å². The lowest BCUT2D eigenvalue weighted by molar-refractivity contribution is -0.117. The number of hydrogen-bond acceptors (Lipinski definition) is 5. The molecule has 15 heavy (non-hydrogen) atoms. The Morgan fingerprint density at radius 2 is 2.27 bits per heavy atom. The van der Waals surface area contributed by atoms with Gasteiger partial charge in [0.2, 0.25) is 17.7 Å². The molecule has 0 radical (unpaired) electrons. The van der Waals surface area contributed by atoms with Gasteiger partial charge in [-0.1, -0.05) is 0 Å². The van der Waals surface area contributed by atoms with Crippen molar-refractivity contribution >= 4 is 11.9 Å². The molecule has 1 aromatic heterocycles. The Balaban J connectivity index is 2.85. The SMILES string of the molecule is COc1cc(C)nc(NC(=O)[C@@H](C)N)n1. The summed E-state index contributed by atoms with van der Waals surface area (Å²) in [6.45, 7) is 3.37. The van der Waals surface area contributed by atoms with Crippen LogP contribution in [0.25, 0.3) is 0 Å². The number of ether oxygens (including phenoxy) is 1. The zero-order valence-electron chi connectivity index (χ0n) is 8.94. The molecule has 0 aromatic carbocycles. The highest BCUT2D eigenvalue weighted by Crippen LogP contribution is 2.10. The molecule has 0 spiro atoms. The Labute approximate surface area is 87.9 Å². The fourth-order valence-electron chi connectivity index (χ4n) is 0.924. The van der Waals surface area contributed by atoms with Crippen molar-refractivity contribution in [3.05, 3.63) is 11.8 Å². The van der Waals surface area contributed by atoms with Crippen molar-refractivity contribution in [2.24, 2.45) is 5.73 Å². The quantitative estimate of drug-likeness (QED) is 0.737. The highest BCUT2D eigenvalue weighted by atomic mass is 16.5. The molecule has 0 saturated heterocycles. The molecule has 1 amide bonds. The number of aromatic nitrogens is 2. The van der Waals surface area contributed by atoms with Gasteiger partial charge in [0, 0.05) is 11.8 Å². The summed E-state index contributed by atoms with van der Waals surface area (Å²) in [5.41, 5.74) is 6.10. The summed E-state index contributed by atoms with van der Waals surface area (Å²) >= 11 is 0. The number of nitrogens with one attached hydrogen (secondary N) is 1. The lowest BCUT2D eigenvalue weighted by Crippen LogP contribution is -2.33. The molecule has 1 rings (SSSR count). The second-order valence-corrected chi connectivity index (χ2v) is 3.15. The molecule has 0 aliphatic heterocycles. The van der Waals surface area contributed by atoms with Crippen molar-refractivity contribution in [3.63, 3.8) is 0 Å². The molecule has 3 N–H and O–H groups in total. The maximum Gasteiger partial charge on any atom is 0.243 e. The predicted octanol–water partition coefficient (Wildman–Crippen LogP) is 0.0793. The molecule has 0 bridgehead atoms. The standard InChI is InChI=1S/C9H14N4O2/c1-5-4-7(15-3)12-9(11-5)13-8(14)6(2)10/h4,6H,10H2,1-3H3,(H,11,12,13,14)/t6-/m1/s1. The Bertz CT molecular complexity index is 365. The summed E-state index contributed by atoms with van der Waals surface area (Å²) in [6.07, 6.45) is 0. The van der Waals surface area contributed by atoms with Crippen LogP contribution in [0.4, 0.5) is 5.95 Å². The fourth-order valence-corrected chi connectivity index (χ4v) is 0.924. The van der Waals surface area contributed by atoms with Gasteiger partial charge in [-0.2, -0.15) is 4.98 Å². The summed E-state index contributed by atoms with van der Waals surface area (Å²) < 4.78 is 4.94. The first-order chi connectivity index (χ1) is 7.02. The van der Waals surface area contributed by atoms with Crippen molar-refractivity contribution in [2.45, 2.75) is 19.9 Å². The number of anilines is 1. The highest BCUT2D eigenvalue weighted by molar-refractivity contribution is 5.92. The Morgan fingerprint density at radius 3 is 2.80 bits per heavy atom. The zero-order valence-corrected chi connectivity index (χ0v) is 8.94. The Kier molecular flexibility index (Phi) is 3.56. The second-order valence-electron chi connectivity index (χ2n) is 3.15. The van der Waals surface area contributed by atoms with E-state index >= 15 is 0 Å². The van der Waals surface area contributed by atoms with E-state index in [1.165, 1.54) is 7.11 Å². The minimum atomic E-state index is -0.597. The number of rotatable bonds is 3. The average molecular weight is 210 g/mol. The van der Waals surface area contributed by atoms with Gasteiger partial charge in [-0.25, -0.2) is 4.98 Å². The largest absolute Gasteiger partial charge is 0.481 e. The van der Waals surface area contributed by atoms with Gasteiger partial charge in [-0.15, -0.1) is 0 Å². The minimum absolute atomic E-state index is 0.203. The van der Waals surface area contributed by atoms with Crippen LogP contribution in [0.15, 0.2) is 6.07 Å². The van der Waals surface area contributed by atoms with E-state index in [9.17, 15) is 4.79 Å². The van der Waals surface area contributed by atoms with Crippen LogP contribution in [0.2, 0.25) is 0 Å². The van der Waals surface area contributed by atoms with Crippen molar-refractivity contribution in [1.82, 2.24) is 9.97 Å². The molecule has 6 heteroatoms. The molecule has 0 saturated carbocycles. The van der Waals surface area contributed by atoms with Gasteiger partial charge in [-0.05, 0) is 13.8 Å². The summed E-state index contributed by atoms with van der Waals surface area (Å²) in [7, 11) is 1.50. The normalized spacial score (nSPS) is 12.0. The van der Waals surface area contributed by atoms with E-state index in [1.54, 1.807) is 19.9 Å². The Hall–Kier alpha value is -1.69. The molecular weight excluding hydrogens is 196 g/mol. The van der Waals surface area contributed by atoms with E-state index in [0.29, 0.717) is 11.6 Å². The van der Waals surface area contributed by atoms with Crippen LogP contribution in [-0.2, 0) is 4.79 Å². The molecule has 1 atom stereocenters. The van der Waals surface area contributed by atoms with E-state index < -0.39 is 6.04 Å². The number of aryl methyl sites for hydroxylation is 1. The third kappa shape index (κ3) is 3.17. The number of nitrogens with two attached hydrogens (primary N) is 1. The predicted molar refractivity (Wildman–Crippen MR) is 55.6 cm³/mol. The van der Waals surface area contributed by atoms with E-state index in [0.717, 1.165) is 0 Å². The average Bonchev–Trinajstić information content (AvgIpc) is 2.16. The highest BCUT2D eigenvalue weighted by Gasteiger charge is 2.10. The third-order valence-corrected chi connectivity index (χ3v) is 1.69. The maximum absolute atomic E-state index is 11.3. The second kappa shape index (κ2) is 4.70. The van der Waals surface area contributed by atoms with Crippen LogP contribution in [-0.4, -0.2) is 29.0 Å². The van der Waals surface area contributed by atoms with Crippen LogP contribution in [0.1, 0.15) is 12.6 Å². The fraction of sp³-hybridized carbons (Fsp3) is 0.444. The van der Waals surface area contributed by atoms with Crippen LogP contribution >= 0.6 is 0 Å². The van der Waals surface area contributed by atoms with E-state index in [-0.39, 0.29) is 11.9 Å². The summed E-state index contributed by atoms with van der Waals surface area (Å²) in [4.78, 5) is 19.2. The lowest BCUT2D eigenvalue weighted by atomic mass is 10.3. The number of amides is 1. The molecule has 0 aliphatic rings. The molecule has 0 aliphatic carbocycles. The molecule has 1 heterocycles. The topological polar surface area (TPSA) is 90.1 Å². The lowest BCUT2D eigenvalue weighted by Gasteiger charge is -2.07. The first kappa shape index (κ1) is 11.4. The first-order valence-corrected chi connectivity index (χ1v) is 4.49. The third-order valence-electron chi connectivity index (χ3n) is 1.69. The Morgan fingerprint density at radius 1 is 1.60 bits per heavy atom. The van der Waals surface area contributed by atoms with Gasteiger partial charge in [0.15, 0.2) is 0 Å². The summed E-state index contributed by atoms with van der Waals surface area (Å²) in [6, 6.07) is 1.07. The summed E-state index contributed by atoms with van der Waals surface area (Å²) in [5, 5.41) is 2.49. The molecule has 1 aromatic rings. The number of methoxy groups -OCH3 is 1. The molecule has 0 fully saturated rings. The smallest absolute Gasteiger partial charge is 0.243 e. The molecule has 6 nitrogen and oxygen atoms in total. The number of nitrogens with zero attached hydrogens (tertiary/aromatic N) is 2. The van der Waals surface area contributed by atoms with E-state index in [4.69, 9.17) is 10.5 Å². The van der Waals surface area contributed by atoms with Crippen molar-refractivity contribution in [3.8, 4) is 5.88 Å². The van der Waals surface area contributed by atoms with E-state index in [1.807, 2.05) is 0 Å². The number of carbonyl (C=O) groups excluding carboxylic acids is 1. The van der Waals surface area contributed by atoms with Gasteiger partial charge in [0.05, 0.1) is 13.2 Å². The van der Waals surface area contributed by atoms with Gasteiger partial charge in [0.1, 0.15) is 0 Å². The first-order valence-electron chi connectivity index (χ1n) is 4.49. The molecular formula is C9H14N4O2. The van der Waals surface area contributed by atoms with Crippen molar-refractivity contribution in [2.75, 3.05) is 12.4 Å². The van der Waals surface area contributed by atoms with E-state index in [2.05, 4.69) is 15.3 Å².